The number of hydrogen-bond donors (Lipinski definition) is 4. The number of carboxylic acid groups (broad SMARTS) is 1. The molecule has 0 spiro atoms. The third-order valence-corrected chi connectivity index (χ3v) is 7.32. The zero-order valence-corrected chi connectivity index (χ0v) is 24.4. The van der Waals surface area contributed by atoms with Crippen LogP contribution in [-0.2, 0) is 16.1 Å². The minimum absolute atomic E-state index is 0.0827. The molecule has 3 aromatic rings. The van der Waals surface area contributed by atoms with Gasteiger partial charge in [0.1, 0.15) is 17.5 Å². The Morgan fingerprint density at radius 3 is 2.67 bits per heavy atom. The number of amides is 3. The summed E-state index contributed by atoms with van der Waals surface area (Å²) in [5.74, 6) is -0.122. The van der Waals surface area contributed by atoms with Gasteiger partial charge in [0.25, 0.3) is 0 Å². The summed E-state index contributed by atoms with van der Waals surface area (Å²) in [5, 5.41) is 18.1. The van der Waals surface area contributed by atoms with E-state index in [-0.39, 0.29) is 37.3 Å². The first-order chi connectivity index (χ1) is 19.9. The summed E-state index contributed by atoms with van der Waals surface area (Å²) in [6.45, 7) is 10.1. The van der Waals surface area contributed by atoms with Crippen LogP contribution in [0.25, 0.3) is 17.2 Å². The van der Waals surface area contributed by atoms with Crippen LogP contribution in [0.1, 0.15) is 51.2 Å². The molecule has 1 aromatic carbocycles. The Morgan fingerprint density at radius 2 is 2.00 bits per heavy atom. The number of halogens is 1. The molecule has 1 unspecified atom stereocenters. The zero-order valence-electron chi connectivity index (χ0n) is 23.6. The lowest BCUT2D eigenvalue weighted by atomic mass is 9.97. The van der Waals surface area contributed by atoms with Crippen molar-refractivity contribution in [2.75, 3.05) is 23.3 Å². The van der Waals surface area contributed by atoms with Crippen molar-refractivity contribution >= 4 is 58.4 Å². The van der Waals surface area contributed by atoms with E-state index in [1.54, 1.807) is 49.9 Å². The van der Waals surface area contributed by atoms with Crippen LogP contribution in [0.4, 0.5) is 21.1 Å². The fourth-order valence-corrected chi connectivity index (χ4v) is 5.27. The third-order valence-electron chi connectivity index (χ3n) is 7.10. The minimum Gasteiger partial charge on any atom is -0.465 e. The molecule has 4 N–H and O–H groups in total. The van der Waals surface area contributed by atoms with Gasteiger partial charge in [-0.1, -0.05) is 24.3 Å². The van der Waals surface area contributed by atoms with Crippen LogP contribution >= 0.6 is 11.6 Å². The molecule has 13 nitrogen and oxygen atoms in total. The molecule has 1 atom stereocenters. The maximum Gasteiger partial charge on any atom is 0.413 e. The normalized spacial score (nSPS) is 18.5. The number of imidazole rings is 1. The van der Waals surface area contributed by atoms with Gasteiger partial charge < -0.3 is 29.9 Å². The van der Waals surface area contributed by atoms with Crippen LogP contribution in [-0.4, -0.2) is 73.0 Å². The predicted octanol–water partition coefficient (Wildman–Crippen LogP) is 4.01. The van der Waals surface area contributed by atoms with Crippen molar-refractivity contribution < 1.29 is 24.2 Å². The van der Waals surface area contributed by atoms with E-state index >= 15 is 0 Å². The lowest BCUT2D eigenvalue weighted by Gasteiger charge is -2.30. The first-order valence-electron chi connectivity index (χ1n) is 13.6. The van der Waals surface area contributed by atoms with E-state index in [4.69, 9.17) is 16.3 Å². The maximum atomic E-state index is 13.2. The van der Waals surface area contributed by atoms with E-state index in [1.807, 2.05) is 4.90 Å². The Bertz CT molecular complexity index is 1560. The molecule has 1 aliphatic heterocycles. The molecule has 42 heavy (non-hydrogen) atoms. The maximum absolute atomic E-state index is 13.2. The first kappa shape index (κ1) is 29.1. The molecule has 1 saturated heterocycles. The summed E-state index contributed by atoms with van der Waals surface area (Å²) in [4.78, 5) is 52.3. The van der Waals surface area contributed by atoms with Crippen LogP contribution in [0.15, 0.2) is 31.4 Å². The monoisotopic (exact) mass is 596 g/mol. The number of anilines is 2. The molecule has 0 radical (unpaired) electrons. The summed E-state index contributed by atoms with van der Waals surface area (Å²) in [7, 11) is 0. The summed E-state index contributed by atoms with van der Waals surface area (Å²) in [6, 6.07) is 3.66. The highest BCUT2D eigenvalue weighted by Gasteiger charge is 2.48. The summed E-state index contributed by atoms with van der Waals surface area (Å²) < 4.78 is 7.15. The number of rotatable bonds is 8. The Balaban J connectivity index is 1.47. The fourth-order valence-electron chi connectivity index (χ4n) is 5.05. The second-order valence-corrected chi connectivity index (χ2v) is 12.0. The van der Waals surface area contributed by atoms with Crippen LogP contribution in [0.3, 0.4) is 0 Å². The molecular weight excluding hydrogens is 564 g/mol. The van der Waals surface area contributed by atoms with Crippen molar-refractivity contribution in [2.45, 2.75) is 63.8 Å². The van der Waals surface area contributed by atoms with Crippen molar-refractivity contribution in [3.8, 4) is 0 Å². The van der Waals surface area contributed by atoms with E-state index in [0.29, 0.717) is 22.7 Å². The highest BCUT2D eigenvalue weighted by atomic mass is 35.5. The van der Waals surface area contributed by atoms with E-state index in [9.17, 15) is 19.5 Å². The largest absolute Gasteiger partial charge is 0.465 e. The SMILES string of the molecule is C=Cc1cc(Cl)cc(N2CCC(NC(=O)O)(C(=O)NC3CC3)C2)c1Cn1cnc2c(NC(=O)OC(C)(C)C)ncnc21. The molecule has 2 fully saturated rings. The Hall–Kier alpha value is -4.39. The highest BCUT2D eigenvalue weighted by molar-refractivity contribution is 6.31. The van der Waals surface area contributed by atoms with Gasteiger partial charge in [0.2, 0.25) is 5.91 Å². The average Bonchev–Trinajstić information content (AvgIpc) is 3.46. The number of carbonyl (C=O) groups is 3. The number of aromatic nitrogens is 4. The number of hydrogen-bond acceptors (Lipinski definition) is 8. The Labute approximate surface area is 247 Å². The van der Waals surface area contributed by atoms with E-state index in [1.165, 1.54) is 6.33 Å². The molecule has 5 rings (SSSR count). The smallest absolute Gasteiger partial charge is 0.413 e. The number of carbonyl (C=O) groups excluding carboxylic acids is 2. The van der Waals surface area contributed by atoms with Crippen molar-refractivity contribution in [3.63, 3.8) is 0 Å². The van der Waals surface area contributed by atoms with Gasteiger partial charge in [-0.25, -0.2) is 24.5 Å². The molecule has 3 heterocycles. The van der Waals surface area contributed by atoms with Gasteiger partial charge in [-0.3, -0.25) is 10.1 Å². The second kappa shape index (κ2) is 11.1. The van der Waals surface area contributed by atoms with Gasteiger partial charge in [-0.15, -0.1) is 0 Å². The van der Waals surface area contributed by atoms with E-state index < -0.39 is 23.3 Å². The van der Waals surface area contributed by atoms with Crippen molar-refractivity contribution in [2.24, 2.45) is 0 Å². The molecular formula is C28H33ClN8O5. The van der Waals surface area contributed by atoms with Crippen molar-refractivity contribution in [1.29, 1.82) is 0 Å². The van der Waals surface area contributed by atoms with E-state index in [2.05, 4.69) is 37.5 Å². The Kier molecular flexibility index (Phi) is 7.71. The quantitative estimate of drug-likeness (QED) is 0.301. The lowest BCUT2D eigenvalue weighted by Crippen LogP contribution is -2.60. The lowest BCUT2D eigenvalue weighted by molar-refractivity contribution is -0.126. The fraction of sp³-hybridized carbons (Fsp3) is 0.429. The van der Waals surface area contributed by atoms with Crippen LogP contribution in [0.2, 0.25) is 5.02 Å². The standard InChI is InChI=1S/C28H33ClN8O5/c1-5-16-10-17(29)11-20(36-9-8-28(13-36,35-25(39)40)24(38)33-18-6-7-18)19(16)12-37-15-32-21-22(30-14-31-23(21)37)34-26(41)42-27(2,3)4/h5,10-11,14-15,18,35H,1,6-9,12-13H2,2-4H3,(H,33,38)(H,39,40)(H,30,31,34,41). The van der Waals surface area contributed by atoms with Gasteiger partial charge in [0.15, 0.2) is 17.0 Å². The molecule has 2 aromatic heterocycles. The van der Waals surface area contributed by atoms with Crippen molar-refractivity contribution in [1.82, 2.24) is 30.2 Å². The molecule has 3 amide bonds. The third kappa shape index (κ3) is 6.25. The van der Waals surface area contributed by atoms with Gasteiger partial charge in [0, 0.05) is 28.9 Å². The topological polar surface area (TPSA) is 164 Å². The molecule has 222 valence electrons. The molecule has 1 saturated carbocycles. The number of nitrogens with one attached hydrogen (secondary N) is 3. The van der Waals surface area contributed by atoms with Crippen LogP contribution in [0.5, 0.6) is 0 Å². The van der Waals surface area contributed by atoms with Gasteiger partial charge in [-0.2, -0.15) is 0 Å². The van der Waals surface area contributed by atoms with E-state index in [0.717, 1.165) is 29.7 Å². The van der Waals surface area contributed by atoms with Gasteiger partial charge in [0.05, 0.1) is 19.4 Å². The first-order valence-corrected chi connectivity index (χ1v) is 13.9. The molecule has 0 bridgehead atoms. The average molecular weight is 597 g/mol. The number of nitrogens with zero attached hydrogens (tertiary/aromatic N) is 5. The zero-order chi connectivity index (χ0) is 30.2. The second-order valence-electron chi connectivity index (χ2n) is 11.5. The number of benzene rings is 1. The van der Waals surface area contributed by atoms with Gasteiger partial charge >= 0.3 is 12.2 Å². The van der Waals surface area contributed by atoms with Gasteiger partial charge in [-0.05, 0) is 57.7 Å². The highest BCUT2D eigenvalue weighted by Crippen LogP contribution is 2.36. The van der Waals surface area contributed by atoms with Crippen LogP contribution < -0.4 is 20.9 Å². The number of fused-ring (bicyclic) bond motifs is 1. The summed E-state index contributed by atoms with van der Waals surface area (Å²) >= 11 is 6.51. The summed E-state index contributed by atoms with van der Waals surface area (Å²) in [5.41, 5.74) is 1.16. The van der Waals surface area contributed by atoms with Crippen LogP contribution in [0, 0.1) is 0 Å². The van der Waals surface area contributed by atoms with Crippen molar-refractivity contribution in [3.05, 3.63) is 47.5 Å². The predicted molar refractivity (Wildman–Crippen MR) is 158 cm³/mol. The molecule has 14 heteroatoms. The summed E-state index contributed by atoms with van der Waals surface area (Å²) in [6.07, 6.45) is 4.74. The molecule has 2 aliphatic rings. The Morgan fingerprint density at radius 1 is 1.24 bits per heavy atom. The minimum atomic E-state index is -1.31. The number of ether oxygens (including phenoxy) is 1. The molecule has 1 aliphatic carbocycles.